The highest BCUT2D eigenvalue weighted by molar-refractivity contribution is 5.88. The number of carbonyl (C=O) groups is 1. The Morgan fingerprint density at radius 2 is 1.90 bits per heavy atom. The Kier molecular flexibility index (Phi) is 6.14. The average Bonchev–Trinajstić information content (AvgIpc) is 2.53. The summed E-state index contributed by atoms with van der Waals surface area (Å²) in [6.45, 7) is 0. The van der Waals surface area contributed by atoms with Gasteiger partial charge in [0, 0.05) is 9.82 Å². The maximum Gasteiger partial charge on any atom is 0.339 e. The number of ether oxygens (including phenoxy) is 2. The second-order valence-electron chi connectivity index (χ2n) is 3.66. The largest absolute Gasteiger partial charge is 0.497 e. The van der Waals surface area contributed by atoms with E-state index in [9.17, 15) is 4.79 Å². The van der Waals surface area contributed by atoms with E-state index in [2.05, 4.69) is 24.8 Å². The monoisotopic (exact) mass is 288 g/mol. The molecule has 108 valence electrons. The van der Waals surface area contributed by atoms with Gasteiger partial charge in [-0.25, -0.2) is 4.79 Å². The van der Waals surface area contributed by atoms with E-state index in [0.29, 0.717) is 11.3 Å². The lowest BCUT2D eigenvalue weighted by Gasteiger charge is -2.09. The van der Waals surface area contributed by atoms with Gasteiger partial charge in [0.15, 0.2) is 0 Å². The molecule has 0 spiro atoms. The van der Waals surface area contributed by atoms with E-state index in [4.69, 9.17) is 15.8 Å². The van der Waals surface area contributed by atoms with Gasteiger partial charge in [-0.05, 0) is 28.8 Å². The molecule has 1 rings (SSSR count). The van der Waals surface area contributed by atoms with Crippen molar-refractivity contribution in [3.05, 3.63) is 62.5 Å². The van der Waals surface area contributed by atoms with Crippen molar-refractivity contribution in [3.8, 4) is 5.75 Å². The van der Waals surface area contributed by atoms with Crippen molar-refractivity contribution >= 4 is 5.97 Å². The molecular weight excluding hydrogens is 276 g/mol. The van der Waals surface area contributed by atoms with Gasteiger partial charge in [-0.3, -0.25) is 0 Å². The van der Waals surface area contributed by atoms with Gasteiger partial charge in [0.25, 0.3) is 0 Å². The molecule has 0 amide bonds. The van der Waals surface area contributed by atoms with E-state index in [1.54, 1.807) is 24.3 Å². The Bertz CT molecular complexity index is 627. The van der Waals surface area contributed by atoms with Crippen molar-refractivity contribution < 1.29 is 14.3 Å². The van der Waals surface area contributed by atoms with Crippen LogP contribution in [0.3, 0.4) is 0 Å². The average molecular weight is 288 g/mol. The normalized spacial score (nSPS) is 11.6. The Hall–Kier alpha value is -3.15. The zero-order valence-electron chi connectivity index (χ0n) is 11.4. The summed E-state index contributed by atoms with van der Waals surface area (Å²) in [5, 5.41) is 6.80. The van der Waals surface area contributed by atoms with Crippen molar-refractivity contribution in [3.63, 3.8) is 0 Å². The van der Waals surface area contributed by atoms with E-state index < -0.39 is 12.0 Å². The van der Waals surface area contributed by atoms with Gasteiger partial charge in [0.05, 0.1) is 20.3 Å². The highest BCUT2D eigenvalue weighted by atomic mass is 16.5. The number of esters is 1. The standard InChI is InChI=1S/C12H12N6O3/c1-20-9-5-3-8(4-6-9)10(15-17-13)7-11(16-18-14)12(19)21-2/h3-7,10H,1-2H3/b11-7-. The fourth-order valence-electron chi connectivity index (χ4n) is 1.50. The summed E-state index contributed by atoms with van der Waals surface area (Å²) in [5.41, 5.74) is 17.4. The van der Waals surface area contributed by atoms with Gasteiger partial charge in [0.2, 0.25) is 0 Å². The smallest absolute Gasteiger partial charge is 0.339 e. The minimum absolute atomic E-state index is 0.284. The second kappa shape index (κ2) is 8.11. The molecule has 1 aromatic carbocycles. The van der Waals surface area contributed by atoms with Crippen molar-refractivity contribution in [1.82, 2.24) is 0 Å². The van der Waals surface area contributed by atoms with Crippen LogP contribution >= 0.6 is 0 Å². The van der Waals surface area contributed by atoms with Crippen molar-refractivity contribution in [1.29, 1.82) is 0 Å². The number of hydrogen-bond acceptors (Lipinski definition) is 5. The summed E-state index contributed by atoms with van der Waals surface area (Å²) in [6, 6.07) is 5.86. The van der Waals surface area contributed by atoms with E-state index >= 15 is 0 Å². The molecule has 1 unspecified atom stereocenters. The predicted molar refractivity (Wildman–Crippen MR) is 74.1 cm³/mol. The van der Waals surface area contributed by atoms with Gasteiger partial charge in [-0.2, -0.15) is 0 Å². The van der Waals surface area contributed by atoms with Gasteiger partial charge in [0.1, 0.15) is 11.4 Å². The molecule has 0 bridgehead atoms. The first kappa shape index (κ1) is 15.9. The van der Waals surface area contributed by atoms with Crippen LogP contribution in [0.2, 0.25) is 0 Å². The van der Waals surface area contributed by atoms with Crippen LogP contribution in [0.5, 0.6) is 5.75 Å². The molecule has 0 N–H and O–H groups in total. The summed E-state index contributed by atoms with van der Waals surface area (Å²) in [5.74, 6) is -0.190. The lowest BCUT2D eigenvalue weighted by atomic mass is 10.1. The molecule has 0 saturated heterocycles. The first-order valence-corrected chi connectivity index (χ1v) is 5.69. The molecule has 0 aliphatic carbocycles. The van der Waals surface area contributed by atoms with Crippen LogP contribution in [0.15, 0.2) is 46.3 Å². The molecule has 0 aliphatic rings. The molecule has 9 nitrogen and oxygen atoms in total. The summed E-state index contributed by atoms with van der Waals surface area (Å²) < 4.78 is 9.51. The minimum Gasteiger partial charge on any atom is -0.497 e. The third kappa shape index (κ3) is 4.46. The lowest BCUT2D eigenvalue weighted by molar-refractivity contribution is -0.136. The summed E-state index contributed by atoms with van der Waals surface area (Å²) in [7, 11) is 2.68. The maximum atomic E-state index is 11.5. The number of nitrogens with zero attached hydrogens (tertiary/aromatic N) is 6. The van der Waals surface area contributed by atoms with Crippen LogP contribution in [0.4, 0.5) is 0 Å². The van der Waals surface area contributed by atoms with Gasteiger partial charge in [-0.15, -0.1) is 0 Å². The number of rotatable bonds is 6. The Morgan fingerprint density at radius 1 is 1.24 bits per heavy atom. The quantitative estimate of drug-likeness (QED) is 0.261. The molecule has 0 heterocycles. The van der Waals surface area contributed by atoms with E-state index in [-0.39, 0.29) is 5.70 Å². The van der Waals surface area contributed by atoms with Crippen molar-refractivity contribution in [2.75, 3.05) is 14.2 Å². The highest BCUT2D eigenvalue weighted by Gasteiger charge is 2.13. The molecule has 1 aromatic rings. The van der Waals surface area contributed by atoms with Crippen molar-refractivity contribution in [2.45, 2.75) is 6.04 Å². The molecular formula is C12H12N6O3. The Labute approximate surface area is 120 Å². The van der Waals surface area contributed by atoms with Crippen LogP contribution in [-0.2, 0) is 9.53 Å². The van der Waals surface area contributed by atoms with Gasteiger partial charge in [-0.1, -0.05) is 28.4 Å². The fourth-order valence-corrected chi connectivity index (χ4v) is 1.50. The third-order valence-corrected chi connectivity index (χ3v) is 2.50. The number of azide groups is 2. The Morgan fingerprint density at radius 3 is 2.38 bits per heavy atom. The lowest BCUT2D eigenvalue weighted by Crippen LogP contribution is -2.04. The van der Waals surface area contributed by atoms with Crippen LogP contribution < -0.4 is 4.74 Å². The van der Waals surface area contributed by atoms with Crippen molar-refractivity contribution in [2.24, 2.45) is 10.2 Å². The molecule has 21 heavy (non-hydrogen) atoms. The third-order valence-electron chi connectivity index (χ3n) is 2.50. The van der Waals surface area contributed by atoms with Crippen LogP contribution in [0, 0.1) is 0 Å². The predicted octanol–water partition coefficient (Wildman–Crippen LogP) is 3.41. The number of methoxy groups -OCH3 is 2. The zero-order chi connectivity index (χ0) is 15.7. The summed E-state index contributed by atoms with van der Waals surface area (Å²) in [6.07, 6.45) is 1.23. The molecule has 0 fully saturated rings. The van der Waals surface area contributed by atoms with E-state index in [1.807, 2.05) is 0 Å². The molecule has 9 heteroatoms. The van der Waals surface area contributed by atoms with Crippen LogP contribution in [0.25, 0.3) is 20.9 Å². The zero-order valence-corrected chi connectivity index (χ0v) is 11.4. The fraction of sp³-hybridized carbons (Fsp3) is 0.250. The second-order valence-corrected chi connectivity index (χ2v) is 3.66. The maximum absolute atomic E-state index is 11.5. The molecule has 0 saturated carbocycles. The number of hydrogen-bond donors (Lipinski definition) is 0. The van der Waals surface area contributed by atoms with Gasteiger partial charge < -0.3 is 9.47 Å². The summed E-state index contributed by atoms with van der Waals surface area (Å²) >= 11 is 0. The first-order valence-electron chi connectivity index (χ1n) is 5.69. The first-order chi connectivity index (χ1) is 10.2. The van der Waals surface area contributed by atoms with E-state index in [0.717, 1.165) is 7.11 Å². The van der Waals surface area contributed by atoms with E-state index in [1.165, 1.54) is 13.2 Å². The molecule has 0 aliphatic heterocycles. The summed E-state index contributed by atoms with van der Waals surface area (Å²) in [4.78, 5) is 16.7. The highest BCUT2D eigenvalue weighted by Crippen LogP contribution is 2.24. The van der Waals surface area contributed by atoms with Crippen LogP contribution in [-0.4, -0.2) is 20.2 Å². The number of carbonyl (C=O) groups excluding carboxylic acids is 1. The minimum atomic E-state index is -0.820. The SMILES string of the molecule is COC(=O)/C(=C/C(N=[N+]=[N-])c1ccc(OC)cc1)N=[N+]=[N-]. The Balaban J connectivity index is 3.23. The van der Waals surface area contributed by atoms with Crippen LogP contribution in [0.1, 0.15) is 11.6 Å². The van der Waals surface area contributed by atoms with Gasteiger partial charge >= 0.3 is 5.97 Å². The topological polar surface area (TPSA) is 133 Å². The molecule has 0 aromatic heterocycles. The molecule has 0 radical (unpaired) electrons. The molecule has 1 atom stereocenters. The number of benzene rings is 1.